The van der Waals surface area contributed by atoms with Crippen molar-refractivity contribution < 1.29 is 9.13 Å². The number of aromatic nitrogens is 2. The minimum Gasteiger partial charge on any atom is -0.383 e. The Bertz CT molecular complexity index is 596. The Kier molecular flexibility index (Phi) is 4.85. The van der Waals surface area contributed by atoms with Crippen LogP contribution in [0.2, 0.25) is 0 Å². The third-order valence-electron chi connectivity index (χ3n) is 4.32. The number of halogens is 1. The monoisotopic (exact) mass is 303 g/mol. The SMILES string of the molecule is COCCn1ccnc1CN1CCC(c2ccc(F)cc2)C1. The van der Waals surface area contributed by atoms with Crippen molar-refractivity contribution in [3.63, 3.8) is 0 Å². The summed E-state index contributed by atoms with van der Waals surface area (Å²) in [5, 5.41) is 0. The van der Waals surface area contributed by atoms with Gasteiger partial charge in [-0.2, -0.15) is 0 Å². The topological polar surface area (TPSA) is 30.3 Å². The minimum atomic E-state index is -0.168. The van der Waals surface area contributed by atoms with Gasteiger partial charge in [0.25, 0.3) is 0 Å². The van der Waals surface area contributed by atoms with Gasteiger partial charge < -0.3 is 9.30 Å². The van der Waals surface area contributed by atoms with Crippen molar-refractivity contribution in [1.82, 2.24) is 14.5 Å². The van der Waals surface area contributed by atoms with Gasteiger partial charge in [0, 0.05) is 32.6 Å². The number of likely N-dealkylation sites (tertiary alicyclic amines) is 1. The zero-order valence-electron chi connectivity index (χ0n) is 12.9. The fraction of sp³-hybridized carbons (Fsp3) is 0.471. The number of rotatable bonds is 6. The average Bonchev–Trinajstić information content (AvgIpc) is 3.16. The van der Waals surface area contributed by atoms with Gasteiger partial charge in [-0.05, 0) is 36.6 Å². The molecule has 1 aliphatic heterocycles. The molecule has 0 amide bonds. The van der Waals surface area contributed by atoms with Crippen LogP contribution in [-0.4, -0.2) is 41.3 Å². The number of hydrogen-bond donors (Lipinski definition) is 0. The Morgan fingerprint density at radius 2 is 2.14 bits per heavy atom. The Morgan fingerprint density at radius 3 is 2.91 bits per heavy atom. The van der Waals surface area contributed by atoms with Gasteiger partial charge >= 0.3 is 0 Å². The van der Waals surface area contributed by atoms with Crippen molar-refractivity contribution in [3.05, 3.63) is 53.9 Å². The highest BCUT2D eigenvalue weighted by molar-refractivity contribution is 5.22. The smallest absolute Gasteiger partial charge is 0.123 e. The third-order valence-corrected chi connectivity index (χ3v) is 4.32. The van der Waals surface area contributed by atoms with E-state index in [1.54, 1.807) is 19.2 Å². The summed E-state index contributed by atoms with van der Waals surface area (Å²) in [6.45, 7) is 4.44. The van der Waals surface area contributed by atoms with Crippen LogP contribution in [0.25, 0.3) is 0 Å². The Labute approximate surface area is 130 Å². The Hall–Kier alpha value is -1.72. The molecule has 5 heteroatoms. The number of benzene rings is 1. The normalized spacial score (nSPS) is 18.9. The van der Waals surface area contributed by atoms with E-state index in [1.165, 1.54) is 5.56 Å². The molecule has 0 N–H and O–H groups in total. The van der Waals surface area contributed by atoms with Crippen LogP contribution in [0.5, 0.6) is 0 Å². The maximum atomic E-state index is 13.0. The zero-order chi connectivity index (χ0) is 15.4. The lowest BCUT2D eigenvalue weighted by molar-refractivity contribution is 0.184. The lowest BCUT2D eigenvalue weighted by atomic mass is 9.99. The molecule has 1 fully saturated rings. The molecule has 2 aromatic rings. The average molecular weight is 303 g/mol. The zero-order valence-corrected chi connectivity index (χ0v) is 12.9. The molecule has 1 aromatic heterocycles. The van der Waals surface area contributed by atoms with E-state index in [2.05, 4.69) is 14.5 Å². The van der Waals surface area contributed by atoms with Crippen molar-refractivity contribution in [2.45, 2.75) is 25.4 Å². The number of imidazole rings is 1. The van der Waals surface area contributed by atoms with Crippen LogP contribution >= 0.6 is 0 Å². The molecule has 1 aromatic carbocycles. The van der Waals surface area contributed by atoms with Crippen molar-refractivity contribution >= 4 is 0 Å². The highest BCUT2D eigenvalue weighted by atomic mass is 19.1. The molecule has 118 valence electrons. The van der Waals surface area contributed by atoms with E-state index in [1.807, 2.05) is 24.5 Å². The predicted octanol–water partition coefficient (Wildman–Crippen LogP) is 2.66. The summed E-state index contributed by atoms with van der Waals surface area (Å²) < 4.78 is 20.3. The molecule has 0 aliphatic carbocycles. The molecule has 3 rings (SSSR count). The van der Waals surface area contributed by atoms with Crippen LogP contribution in [0.15, 0.2) is 36.7 Å². The van der Waals surface area contributed by atoms with Crippen molar-refractivity contribution in [2.24, 2.45) is 0 Å². The molecule has 2 heterocycles. The van der Waals surface area contributed by atoms with Gasteiger partial charge in [-0.3, -0.25) is 4.90 Å². The highest BCUT2D eigenvalue weighted by Crippen LogP contribution is 2.28. The Balaban J connectivity index is 1.59. The summed E-state index contributed by atoms with van der Waals surface area (Å²) >= 11 is 0. The first-order chi connectivity index (χ1) is 10.8. The summed E-state index contributed by atoms with van der Waals surface area (Å²) in [7, 11) is 1.71. The fourth-order valence-electron chi connectivity index (χ4n) is 3.07. The van der Waals surface area contributed by atoms with Crippen LogP contribution in [0.3, 0.4) is 0 Å². The van der Waals surface area contributed by atoms with Crippen LogP contribution in [0.4, 0.5) is 4.39 Å². The van der Waals surface area contributed by atoms with Gasteiger partial charge in [-0.15, -0.1) is 0 Å². The second kappa shape index (κ2) is 7.03. The fourth-order valence-corrected chi connectivity index (χ4v) is 3.07. The summed E-state index contributed by atoms with van der Waals surface area (Å²) in [6, 6.07) is 6.91. The van der Waals surface area contributed by atoms with Gasteiger partial charge in [-0.1, -0.05) is 12.1 Å². The summed E-state index contributed by atoms with van der Waals surface area (Å²) in [6.07, 6.45) is 4.96. The predicted molar refractivity (Wildman–Crippen MR) is 83.1 cm³/mol. The molecule has 0 radical (unpaired) electrons. The van der Waals surface area contributed by atoms with Crippen molar-refractivity contribution in [3.8, 4) is 0 Å². The van der Waals surface area contributed by atoms with Crippen molar-refractivity contribution in [1.29, 1.82) is 0 Å². The first-order valence-electron chi connectivity index (χ1n) is 7.73. The quantitative estimate of drug-likeness (QED) is 0.822. The van der Waals surface area contributed by atoms with Gasteiger partial charge in [0.15, 0.2) is 0 Å². The Morgan fingerprint density at radius 1 is 1.32 bits per heavy atom. The second-order valence-electron chi connectivity index (χ2n) is 5.80. The van der Waals surface area contributed by atoms with Gasteiger partial charge in [0.2, 0.25) is 0 Å². The van der Waals surface area contributed by atoms with Crippen LogP contribution in [0.1, 0.15) is 23.7 Å². The van der Waals surface area contributed by atoms with Crippen LogP contribution < -0.4 is 0 Å². The van der Waals surface area contributed by atoms with E-state index in [-0.39, 0.29) is 5.82 Å². The van der Waals surface area contributed by atoms with E-state index < -0.39 is 0 Å². The largest absolute Gasteiger partial charge is 0.383 e. The molecule has 0 saturated carbocycles. The second-order valence-corrected chi connectivity index (χ2v) is 5.80. The highest BCUT2D eigenvalue weighted by Gasteiger charge is 2.24. The van der Waals surface area contributed by atoms with Gasteiger partial charge in [0.1, 0.15) is 11.6 Å². The molecule has 0 spiro atoms. The molecule has 22 heavy (non-hydrogen) atoms. The number of hydrogen-bond acceptors (Lipinski definition) is 3. The lowest BCUT2D eigenvalue weighted by Gasteiger charge is -2.17. The minimum absolute atomic E-state index is 0.168. The molecule has 1 unspecified atom stereocenters. The number of ether oxygens (including phenoxy) is 1. The molecule has 4 nitrogen and oxygen atoms in total. The third kappa shape index (κ3) is 3.54. The van der Waals surface area contributed by atoms with E-state index in [4.69, 9.17) is 4.74 Å². The van der Waals surface area contributed by atoms with Gasteiger partial charge in [-0.25, -0.2) is 9.37 Å². The summed E-state index contributed by atoms with van der Waals surface area (Å²) in [4.78, 5) is 6.87. The van der Waals surface area contributed by atoms with Crippen LogP contribution in [-0.2, 0) is 17.8 Å². The van der Waals surface area contributed by atoms with Gasteiger partial charge in [0.05, 0.1) is 13.2 Å². The number of nitrogens with zero attached hydrogens (tertiary/aromatic N) is 3. The molecule has 1 aliphatic rings. The van der Waals surface area contributed by atoms with E-state index in [9.17, 15) is 4.39 Å². The molecule has 1 atom stereocenters. The molecule has 0 bridgehead atoms. The summed E-state index contributed by atoms with van der Waals surface area (Å²) in [5.74, 6) is 1.40. The molecular formula is C17H22FN3O. The van der Waals surface area contributed by atoms with E-state index in [0.29, 0.717) is 12.5 Å². The molecule has 1 saturated heterocycles. The van der Waals surface area contributed by atoms with E-state index in [0.717, 1.165) is 38.4 Å². The van der Waals surface area contributed by atoms with Crippen LogP contribution in [0, 0.1) is 5.82 Å². The summed E-state index contributed by atoms with van der Waals surface area (Å²) in [5.41, 5.74) is 1.23. The maximum Gasteiger partial charge on any atom is 0.123 e. The lowest BCUT2D eigenvalue weighted by Crippen LogP contribution is -2.22. The van der Waals surface area contributed by atoms with E-state index >= 15 is 0 Å². The number of methoxy groups -OCH3 is 1. The standard InChI is InChI=1S/C17H22FN3O/c1-22-11-10-21-9-7-19-17(21)13-20-8-6-15(12-20)14-2-4-16(18)5-3-14/h2-5,7,9,15H,6,8,10-13H2,1H3. The van der Waals surface area contributed by atoms with Crippen molar-refractivity contribution in [2.75, 3.05) is 26.8 Å². The maximum absolute atomic E-state index is 13.0. The first-order valence-corrected chi connectivity index (χ1v) is 7.73. The first kappa shape index (κ1) is 15.2. The molecular weight excluding hydrogens is 281 g/mol.